The quantitative estimate of drug-likeness (QED) is 0.890. The molecule has 0 saturated carbocycles. The van der Waals surface area contributed by atoms with E-state index in [1.165, 1.54) is 23.9 Å². The van der Waals surface area contributed by atoms with Gasteiger partial charge in [-0.15, -0.1) is 0 Å². The zero-order valence-corrected chi connectivity index (χ0v) is 11.8. The van der Waals surface area contributed by atoms with Gasteiger partial charge in [0.1, 0.15) is 11.6 Å². The van der Waals surface area contributed by atoms with Gasteiger partial charge in [0, 0.05) is 9.79 Å². The van der Waals surface area contributed by atoms with Crippen LogP contribution in [0.2, 0.25) is 0 Å². The first-order valence-corrected chi connectivity index (χ1v) is 6.84. The van der Waals surface area contributed by atoms with Crippen molar-refractivity contribution >= 4 is 11.8 Å². The van der Waals surface area contributed by atoms with Gasteiger partial charge in [0.15, 0.2) is 0 Å². The van der Waals surface area contributed by atoms with Crippen LogP contribution in [0.15, 0.2) is 46.2 Å². The molecule has 3 nitrogen and oxygen atoms in total. The van der Waals surface area contributed by atoms with Crippen LogP contribution in [0.5, 0.6) is 5.75 Å². The lowest BCUT2D eigenvalue weighted by Crippen LogP contribution is -1.93. The topological polar surface area (TPSA) is 49.7 Å². The van der Waals surface area contributed by atoms with E-state index < -0.39 is 0 Å². The fraction of sp³-hybridized carbons (Fsp3) is 0.200. The predicted octanol–water partition coefficient (Wildman–Crippen LogP) is 2.97. The lowest BCUT2D eigenvalue weighted by atomic mass is 10.2. The third-order valence-corrected chi connectivity index (χ3v) is 4.09. The Morgan fingerprint density at radius 1 is 1.00 bits per heavy atom. The largest absolute Gasteiger partial charge is 0.497 e. The molecule has 0 amide bonds. The number of methoxy groups -OCH3 is 1. The third kappa shape index (κ3) is 3.30. The van der Waals surface area contributed by atoms with E-state index in [1.54, 1.807) is 25.3 Å². The van der Waals surface area contributed by atoms with Gasteiger partial charge in [-0.3, -0.25) is 0 Å². The number of halogens is 1. The number of benzene rings is 2. The number of rotatable bonds is 5. The van der Waals surface area contributed by atoms with Crippen molar-refractivity contribution in [2.24, 2.45) is 0 Å². The molecule has 0 unspecified atom stereocenters. The molecule has 0 atom stereocenters. The first-order chi connectivity index (χ1) is 9.67. The predicted molar refractivity (Wildman–Crippen MR) is 75.4 cm³/mol. The highest BCUT2D eigenvalue weighted by atomic mass is 32.2. The summed E-state index contributed by atoms with van der Waals surface area (Å²) in [4.78, 5) is 1.60. The van der Waals surface area contributed by atoms with E-state index in [-0.39, 0.29) is 19.0 Å². The molecule has 0 aliphatic rings. The van der Waals surface area contributed by atoms with Gasteiger partial charge in [-0.25, -0.2) is 4.39 Å². The van der Waals surface area contributed by atoms with E-state index in [0.717, 1.165) is 15.4 Å². The monoisotopic (exact) mass is 294 g/mol. The first-order valence-electron chi connectivity index (χ1n) is 6.03. The summed E-state index contributed by atoms with van der Waals surface area (Å²) in [5, 5.41) is 18.7. The molecule has 2 aromatic rings. The van der Waals surface area contributed by atoms with Gasteiger partial charge in [0.05, 0.1) is 20.3 Å². The fourth-order valence-corrected chi connectivity index (χ4v) is 2.81. The van der Waals surface area contributed by atoms with Crippen LogP contribution >= 0.6 is 11.8 Å². The van der Waals surface area contributed by atoms with Gasteiger partial charge in [0.2, 0.25) is 0 Å². The minimum absolute atomic E-state index is 0.116. The Balaban J connectivity index is 2.34. The van der Waals surface area contributed by atoms with Crippen molar-refractivity contribution < 1.29 is 19.3 Å². The number of aliphatic hydroxyl groups is 2. The molecule has 2 N–H and O–H groups in total. The van der Waals surface area contributed by atoms with Crippen molar-refractivity contribution in [1.29, 1.82) is 0 Å². The van der Waals surface area contributed by atoms with Crippen LogP contribution < -0.4 is 4.74 Å². The van der Waals surface area contributed by atoms with Crippen LogP contribution in [0.3, 0.4) is 0 Å². The molecule has 106 valence electrons. The van der Waals surface area contributed by atoms with Crippen LogP contribution in [-0.4, -0.2) is 17.3 Å². The summed E-state index contributed by atoms with van der Waals surface area (Å²) in [6, 6.07) is 9.67. The molecular weight excluding hydrogens is 279 g/mol. The molecule has 2 rings (SSSR count). The Labute approximate surface area is 121 Å². The van der Waals surface area contributed by atoms with E-state index >= 15 is 0 Å². The molecule has 0 aliphatic carbocycles. The highest BCUT2D eigenvalue weighted by Crippen LogP contribution is 2.34. The summed E-state index contributed by atoms with van der Waals surface area (Å²) in [7, 11) is 1.56. The van der Waals surface area contributed by atoms with Crippen LogP contribution in [0.4, 0.5) is 4.39 Å². The van der Waals surface area contributed by atoms with Gasteiger partial charge in [-0.1, -0.05) is 11.8 Å². The van der Waals surface area contributed by atoms with Crippen molar-refractivity contribution in [3.8, 4) is 5.75 Å². The number of hydrogen-bond acceptors (Lipinski definition) is 4. The van der Waals surface area contributed by atoms with Crippen LogP contribution in [0.25, 0.3) is 0 Å². The van der Waals surface area contributed by atoms with E-state index in [1.807, 2.05) is 6.07 Å². The highest BCUT2D eigenvalue weighted by molar-refractivity contribution is 7.99. The summed E-state index contributed by atoms with van der Waals surface area (Å²) in [6.45, 7) is -0.347. The Morgan fingerprint density at radius 2 is 1.60 bits per heavy atom. The maximum Gasteiger partial charge on any atom is 0.123 e. The standard InChI is InChI=1S/C15H15FO3S/c1-19-13-3-5-15(11(7-13)9-18)20-14-4-2-12(16)6-10(14)8-17/h2-7,17-18H,8-9H2,1H3. The lowest BCUT2D eigenvalue weighted by Gasteiger charge is -2.11. The Morgan fingerprint density at radius 3 is 2.20 bits per heavy atom. The smallest absolute Gasteiger partial charge is 0.123 e. The molecule has 2 aromatic carbocycles. The molecule has 0 bridgehead atoms. The summed E-state index contributed by atoms with van der Waals surface area (Å²) in [5.41, 5.74) is 1.25. The van der Waals surface area contributed by atoms with Gasteiger partial charge in [-0.2, -0.15) is 0 Å². The van der Waals surface area contributed by atoms with Gasteiger partial charge >= 0.3 is 0 Å². The molecule has 0 heterocycles. The second-order valence-corrected chi connectivity index (χ2v) is 5.23. The van der Waals surface area contributed by atoms with Crippen molar-refractivity contribution in [3.05, 3.63) is 53.3 Å². The SMILES string of the molecule is COc1ccc(Sc2ccc(F)cc2CO)c(CO)c1. The summed E-state index contributed by atoms with van der Waals surface area (Å²) < 4.78 is 18.3. The fourth-order valence-electron chi connectivity index (χ4n) is 1.80. The second kappa shape index (κ2) is 6.74. The molecular formula is C15H15FO3S. The van der Waals surface area contributed by atoms with E-state index in [4.69, 9.17) is 4.74 Å². The number of ether oxygens (including phenoxy) is 1. The molecule has 0 fully saturated rings. The van der Waals surface area contributed by atoms with Crippen LogP contribution in [-0.2, 0) is 13.2 Å². The van der Waals surface area contributed by atoms with Crippen LogP contribution in [0, 0.1) is 5.82 Å². The molecule has 0 saturated heterocycles. The van der Waals surface area contributed by atoms with E-state index in [0.29, 0.717) is 11.3 Å². The Hall–Kier alpha value is -1.56. The average molecular weight is 294 g/mol. The van der Waals surface area contributed by atoms with Crippen molar-refractivity contribution in [3.63, 3.8) is 0 Å². The van der Waals surface area contributed by atoms with Crippen molar-refractivity contribution in [2.75, 3.05) is 7.11 Å². The zero-order chi connectivity index (χ0) is 14.5. The summed E-state index contributed by atoms with van der Waals surface area (Å²) >= 11 is 1.38. The second-order valence-electron chi connectivity index (χ2n) is 4.14. The maximum atomic E-state index is 13.1. The molecule has 0 aromatic heterocycles. The number of aliphatic hydroxyl groups excluding tert-OH is 2. The lowest BCUT2D eigenvalue weighted by molar-refractivity contribution is 0.277. The van der Waals surface area contributed by atoms with Crippen molar-refractivity contribution in [2.45, 2.75) is 23.0 Å². The summed E-state index contributed by atoms with van der Waals surface area (Å²) in [6.07, 6.45) is 0. The molecule has 0 aliphatic heterocycles. The Bertz CT molecular complexity index is 602. The molecule has 0 spiro atoms. The van der Waals surface area contributed by atoms with Gasteiger partial charge < -0.3 is 14.9 Å². The third-order valence-electron chi connectivity index (χ3n) is 2.85. The minimum Gasteiger partial charge on any atom is -0.497 e. The van der Waals surface area contributed by atoms with E-state index in [2.05, 4.69) is 0 Å². The Kier molecular flexibility index (Phi) is 5.00. The van der Waals surface area contributed by atoms with Gasteiger partial charge in [0.25, 0.3) is 0 Å². The zero-order valence-electron chi connectivity index (χ0n) is 11.0. The molecule has 5 heteroatoms. The highest BCUT2D eigenvalue weighted by Gasteiger charge is 2.09. The van der Waals surface area contributed by atoms with E-state index in [9.17, 15) is 14.6 Å². The minimum atomic E-state index is -0.379. The van der Waals surface area contributed by atoms with Crippen LogP contribution in [0.1, 0.15) is 11.1 Å². The molecule has 20 heavy (non-hydrogen) atoms. The van der Waals surface area contributed by atoms with Gasteiger partial charge in [-0.05, 0) is 47.5 Å². The molecule has 0 radical (unpaired) electrons. The maximum absolute atomic E-state index is 13.1. The normalized spacial score (nSPS) is 10.6. The number of hydrogen-bond donors (Lipinski definition) is 2. The first kappa shape index (κ1) is 14.8. The summed E-state index contributed by atoms with van der Waals surface area (Å²) in [5.74, 6) is 0.287. The van der Waals surface area contributed by atoms with Crippen molar-refractivity contribution in [1.82, 2.24) is 0 Å². The average Bonchev–Trinajstić information content (AvgIpc) is 2.49.